The quantitative estimate of drug-likeness (QED) is 0.524. The molecule has 2 aromatic carbocycles. The molecule has 1 aliphatic carbocycles. The van der Waals surface area contributed by atoms with Gasteiger partial charge in [-0.15, -0.1) is 11.3 Å². The maximum Gasteiger partial charge on any atom is 0.251 e. The van der Waals surface area contributed by atoms with E-state index < -0.39 is 0 Å². The Morgan fingerprint density at radius 2 is 1.82 bits per heavy atom. The zero-order valence-corrected chi connectivity index (χ0v) is 19.3. The number of nitrogens with zero attached hydrogens (tertiary/aromatic N) is 2. The van der Waals surface area contributed by atoms with Crippen molar-refractivity contribution in [2.45, 2.75) is 44.2 Å². The first-order chi connectivity index (χ1) is 16.2. The van der Waals surface area contributed by atoms with E-state index in [1.54, 1.807) is 0 Å². The standard InChI is InChI=1S/C26H28N4O2S/c31-24(27-21-12-13-21)20-10-8-19(9-11-20)22-17-33-26(28-22)29-25(32)23-7-4-15-30(23)16-14-18-5-2-1-3-6-18/h1-3,5-6,8-11,17,21,23H,4,7,12-16H2,(H,27,31)(H,28,29,32). The van der Waals surface area contributed by atoms with Crippen LogP contribution in [0.1, 0.15) is 41.6 Å². The molecule has 2 aliphatic rings. The highest BCUT2D eigenvalue weighted by Crippen LogP contribution is 2.27. The first kappa shape index (κ1) is 21.8. The van der Waals surface area contributed by atoms with E-state index in [2.05, 4.69) is 44.8 Å². The molecule has 1 aliphatic heterocycles. The van der Waals surface area contributed by atoms with Crippen LogP contribution in [0.5, 0.6) is 0 Å². The van der Waals surface area contributed by atoms with E-state index >= 15 is 0 Å². The summed E-state index contributed by atoms with van der Waals surface area (Å²) < 4.78 is 0. The van der Waals surface area contributed by atoms with Crippen LogP contribution >= 0.6 is 11.3 Å². The van der Waals surface area contributed by atoms with E-state index in [0.717, 1.165) is 56.5 Å². The number of carbonyl (C=O) groups excluding carboxylic acids is 2. The van der Waals surface area contributed by atoms with Gasteiger partial charge in [0.2, 0.25) is 5.91 Å². The molecule has 1 aromatic heterocycles. The summed E-state index contributed by atoms with van der Waals surface area (Å²) in [6.07, 6.45) is 5.01. The molecule has 1 unspecified atom stereocenters. The number of carbonyl (C=O) groups is 2. The summed E-state index contributed by atoms with van der Waals surface area (Å²) in [6, 6.07) is 18.1. The predicted molar refractivity (Wildman–Crippen MR) is 131 cm³/mol. The lowest BCUT2D eigenvalue weighted by atomic mass is 10.1. The first-order valence-electron chi connectivity index (χ1n) is 11.6. The molecule has 0 radical (unpaired) electrons. The van der Waals surface area contributed by atoms with Crippen molar-refractivity contribution in [3.8, 4) is 11.3 Å². The van der Waals surface area contributed by atoms with Crippen LogP contribution in [0.2, 0.25) is 0 Å². The number of anilines is 1. The number of amides is 2. The number of nitrogens with one attached hydrogen (secondary N) is 2. The Morgan fingerprint density at radius 1 is 1.03 bits per heavy atom. The monoisotopic (exact) mass is 460 g/mol. The fraction of sp³-hybridized carbons (Fsp3) is 0.346. The lowest BCUT2D eigenvalue weighted by molar-refractivity contribution is -0.120. The topological polar surface area (TPSA) is 74.3 Å². The lowest BCUT2D eigenvalue weighted by Gasteiger charge is -2.23. The van der Waals surface area contributed by atoms with Gasteiger partial charge in [0.25, 0.3) is 5.91 Å². The Bertz CT molecular complexity index is 1110. The Labute approximate surface area is 198 Å². The molecule has 2 N–H and O–H groups in total. The highest BCUT2D eigenvalue weighted by Gasteiger charge is 2.30. The van der Waals surface area contributed by atoms with Crippen molar-refractivity contribution in [3.05, 3.63) is 71.1 Å². The zero-order valence-electron chi connectivity index (χ0n) is 18.5. The lowest BCUT2D eigenvalue weighted by Crippen LogP contribution is -2.40. The highest BCUT2D eigenvalue weighted by atomic mass is 32.1. The molecule has 5 rings (SSSR count). The minimum Gasteiger partial charge on any atom is -0.349 e. The summed E-state index contributed by atoms with van der Waals surface area (Å²) in [5.41, 5.74) is 3.69. The van der Waals surface area contributed by atoms with Crippen LogP contribution in [0.4, 0.5) is 5.13 Å². The summed E-state index contributed by atoms with van der Waals surface area (Å²) in [5.74, 6) is -0.00258. The largest absolute Gasteiger partial charge is 0.349 e. The fourth-order valence-electron chi connectivity index (χ4n) is 4.25. The Morgan fingerprint density at radius 3 is 2.58 bits per heavy atom. The van der Waals surface area contributed by atoms with Crippen molar-refractivity contribution in [1.82, 2.24) is 15.2 Å². The second kappa shape index (κ2) is 9.85. The molecule has 33 heavy (non-hydrogen) atoms. The minimum atomic E-state index is -0.106. The average Bonchev–Trinajstić information content (AvgIpc) is 3.32. The van der Waals surface area contributed by atoms with E-state index in [1.165, 1.54) is 16.9 Å². The van der Waals surface area contributed by atoms with Gasteiger partial charge in [-0.2, -0.15) is 0 Å². The normalized spacial score (nSPS) is 18.2. The number of hydrogen-bond donors (Lipinski definition) is 2. The molecule has 170 valence electrons. The summed E-state index contributed by atoms with van der Waals surface area (Å²) in [6.45, 7) is 1.83. The zero-order chi connectivity index (χ0) is 22.6. The smallest absolute Gasteiger partial charge is 0.251 e. The predicted octanol–water partition coefficient (Wildman–Crippen LogP) is 4.35. The number of aromatic nitrogens is 1. The molecular formula is C26H28N4O2S. The molecule has 2 fully saturated rings. The van der Waals surface area contributed by atoms with Gasteiger partial charge in [0.1, 0.15) is 0 Å². The van der Waals surface area contributed by atoms with Gasteiger partial charge in [-0.3, -0.25) is 14.5 Å². The maximum atomic E-state index is 13.0. The number of rotatable bonds is 8. The third kappa shape index (κ3) is 5.49. The van der Waals surface area contributed by atoms with Gasteiger partial charge in [0.15, 0.2) is 5.13 Å². The van der Waals surface area contributed by atoms with E-state index in [9.17, 15) is 9.59 Å². The third-order valence-electron chi connectivity index (χ3n) is 6.29. The van der Waals surface area contributed by atoms with Crippen LogP contribution in [0.3, 0.4) is 0 Å². The van der Waals surface area contributed by atoms with Crippen molar-refractivity contribution in [1.29, 1.82) is 0 Å². The molecule has 2 amide bonds. The van der Waals surface area contributed by atoms with Crippen molar-refractivity contribution in [2.24, 2.45) is 0 Å². The number of thiazole rings is 1. The second-order valence-electron chi connectivity index (χ2n) is 8.78. The van der Waals surface area contributed by atoms with Crippen LogP contribution in [0.25, 0.3) is 11.3 Å². The van der Waals surface area contributed by atoms with Crippen molar-refractivity contribution in [3.63, 3.8) is 0 Å². The molecule has 2 heterocycles. The van der Waals surface area contributed by atoms with Crippen LogP contribution in [0.15, 0.2) is 60.0 Å². The Kier molecular flexibility index (Phi) is 6.51. The Hall–Kier alpha value is -3.03. The molecule has 1 saturated carbocycles. The highest BCUT2D eigenvalue weighted by molar-refractivity contribution is 7.14. The van der Waals surface area contributed by atoms with E-state index in [-0.39, 0.29) is 17.9 Å². The summed E-state index contributed by atoms with van der Waals surface area (Å²) >= 11 is 1.43. The van der Waals surface area contributed by atoms with Crippen LogP contribution in [0, 0.1) is 0 Å². The molecule has 3 aromatic rings. The maximum absolute atomic E-state index is 13.0. The molecular weight excluding hydrogens is 432 g/mol. The summed E-state index contributed by atoms with van der Waals surface area (Å²) in [4.78, 5) is 32.0. The second-order valence-corrected chi connectivity index (χ2v) is 9.64. The number of likely N-dealkylation sites (tertiary alicyclic amines) is 1. The van der Waals surface area contributed by atoms with Crippen LogP contribution < -0.4 is 10.6 Å². The summed E-state index contributed by atoms with van der Waals surface area (Å²) in [5, 5.41) is 8.58. The Balaban J connectivity index is 1.17. The molecule has 6 nitrogen and oxygen atoms in total. The molecule has 7 heteroatoms. The van der Waals surface area contributed by atoms with E-state index in [1.807, 2.05) is 35.7 Å². The van der Waals surface area contributed by atoms with E-state index in [4.69, 9.17) is 0 Å². The molecule has 1 saturated heterocycles. The van der Waals surface area contributed by atoms with Gasteiger partial charge in [0, 0.05) is 29.1 Å². The first-order valence-corrected chi connectivity index (χ1v) is 12.5. The average molecular weight is 461 g/mol. The SMILES string of the molecule is O=C(NC1CC1)c1ccc(-c2csc(NC(=O)C3CCCN3CCc3ccccc3)n2)cc1. The van der Waals surface area contributed by atoms with E-state index in [0.29, 0.717) is 16.7 Å². The van der Waals surface area contributed by atoms with Crippen LogP contribution in [-0.2, 0) is 11.2 Å². The van der Waals surface area contributed by atoms with Crippen LogP contribution in [-0.4, -0.2) is 46.9 Å². The van der Waals surface area contributed by atoms with Gasteiger partial charge in [0.05, 0.1) is 11.7 Å². The molecule has 0 spiro atoms. The molecule has 0 bridgehead atoms. The van der Waals surface area contributed by atoms with Crippen molar-refractivity contribution < 1.29 is 9.59 Å². The van der Waals surface area contributed by atoms with Gasteiger partial charge >= 0.3 is 0 Å². The van der Waals surface area contributed by atoms with Crippen molar-refractivity contribution >= 4 is 28.3 Å². The van der Waals surface area contributed by atoms with Crippen molar-refractivity contribution in [2.75, 3.05) is 18.4 Å². The minimum absolute atomic E-state index is 0.0218. The fourth-order valence-corrected chi connectivity index (χ4v) is 4.97. The van der Waals surface area contributed by atoms with Gasteiger partial charge in [-0.25, -0.2) is 4.98 Å². The molecule has 1 atom stereocenters. The summed E-state index contributed by atoms with van der Waals surface area (Å²) in [7, 11) is 0. The van der Waals surface area contributed by atoms with Gasteiger partial charge < -0.3 is 10.6 Å². The van der Waals surface area contributed by atoms with Gasteiger partial charge in [-0.1, -0.05) is 42.5 Å². The van der Waals surface area contributed by atoms with Gasteiger partial charge in [-0.05, 0) is 56.3 Å². The number of hydrogen-bond acceptors (Lipinski definition) is 5. The number of benzene rings is 2. The third-order valence-corrected chi connectivity index (χ3v) is 7.04.